The van der Waals surface area contributed by atoms with E-state index in [4.69, 9.17) is 33.5 Å². The molecule has 0 bridgehead atoms. The van der Waals surface area contributed by atoms with E-state index in [9.17, 15) is 0 Å². The minimum Gasteiger partial charge on any atom is -0.457 e. The SMILES string of the molecule is Cc1ccc2c(n1)oc1nc3c(cc12)oc1c(-c2nc4ccccc4n2-c2c(C(C)C)cc(-c4ccccc4)cc2C(C)C)cc(Oc2cccc(-c4nc5ccccc5n4-c4c(C(C)C)cc(-c5ccccc5)cc4C(C)C)c2)cc13. The fraction of sp³-hybridized carbons (Fsp3) is 0.178. The van der Waals surface area contributed by atoms with Gasteiger partial charge in [-0.05, 0) is 166 Å². The van der Waals surface area contributed by atoms with Crippen LogP contribution >= 0.6 is 0 Å². The second kappa shape index (κ2) is 19.9. The number of furan rings is 2. The van der Waals surface area contributed by atoms with Gasteiger partial charge in [0.1, 0.15) is 34.2 Å². The molecule has 0 fully saturated rings. The van der Waals surface area contributed by atoms with Gasteiger partial charge in [-0.1, -0.05) is 152 Å². The fourth-order valence-electron chi connectivity index (χ4n) is 12.1. The number of hydrogen-bond donors (Lipinski definition) is 0. The van der Waals surface area contributed by atoms with E-state index in [0.29, 0.717) is 39.6 Å². The van der Waals surface area contributed by atoms with Crippen LogP contribution in [0.5, 0.6) is 11.5 Å². The fourth-order valence-corrected chi connectivity index (χ4v) is 12.1. The Morgan fingerprint density at radius 1 is 0.390 bits per heavy atom. The molecule has 6 aromatic heterocycles. The normalized spacial score (nSPS) is 12.2. The zero-order chi connectivity index (χ0) is 56.1. The molecule has 9 heteroatoms. The molecule has 0 N–H and O–H groups in total. The van der Waals surface area contributed by atoms with Crippen LogP contribution in [0.1, 0.15) is 107 Å². The summed E-state index contributed by atoms with van der Waals surface area (Å²) in [7, 11) is 0. The molecule has 0 amide bonds. The quantitative estimate of drug-likeness (QED) is 0.120. The van der Waals surface area contributed by atoms with Gasteiger partial charge >= 0.3 is 0 Å². The van der Waals surface area contributed by atoms with Crippen LogP contribution in [0.2, 0.25) is 0 Å². The Bertz CT molecular complexity index is 4750. The summed E-state index contributed by atoms with van der Waals surface area (Å²) in [6.45, 7) is 20.2. The van der Waals surface area contributed by atoms with Crippen LogP contribution in [0, 0.1) is 6.92 Å². The van der Waals surface area contributed by atoms with Crippen molar-refractivity contribution in [1.29, 1.82) is 0 Å². The number of nitrogens with zero attached hydrogens (tertiary/aromatic N) is 6. The maximum Gasteiger partial charge on any atom is 0.230 e. The van der Waals surface area contributed by atoms with Crippen molar-refractivity contribution in [2.24, 2.45) is 0 Å². The molecule has 82 heavy (non-hydrogen) atoms. The summed E-state index contributed by atoms with van der Waals surface area (Å²) in [4.78, 5) is 21.0. The number of ether oxygens (including phenoxy) is 1. The lowest BCUT2D eigenvalue weighted by molar-refractivity contribution is 0.483. The monoisotopic (exact) mass is 1070 g/mol. The molecule has 402 valence electrons. The van der Waals surface area contributed by atoms with E-state index >= 15 is 0 Å². The Balaban J connectivity index is 0.986. The van der Waals surface area contributed by atoms with Gasteiger partial charge in [-0.15, -0.1) is 0 Å². The number of rotatable bonds is 12. The molecule has 9 nitrogen and oxygen atoms in total. The minimum atomic E-state index is 0.168. The smallest absolute Gasteiger partial charge is 0.230 e. The van der Waals surface area contributed by atoms with Crippen molar-refractivity contribution in [3.8, 4) is 67.9 Å². The molecule has 0 unspecified atom stereocenters. The van der Waals surface area contributed by atoms with Gasteiger partial charge in [0.15, 0.2) is 5.58 Å². The molecule has 0 saturated heterocycles. The largest absolute Gasteiger partial charge is 0.457 e. The Morgan fingerprint density at radius 2 is 0.902 bits per heavy atom. The standard InChI is InChI=1S/C73H62N6O3/c1-41(2)54-34-49(46-21-12-10-13-22-46)35-55(42(3)4)67(54)78-63-29-18-16-27-61(63)75-70(78)48-25-20-26-51(33-48)80-52-38-59-66-65(40-58-53-32-31-45(9)74-72(53)82-73(58)77-66)81-69(59)60(39-52)71-76-62-28-17-19-30-64(62)79(71)68-56(43(5)6)36-50(37-57(68)44(7)8)47-23-14-11-15-24-47/h10-44H,1-9H3. The number of hydrogen-bond acceptors (Lipinski definition) is 7. The lowest BCUT2D eigenvalue weighted by atomic mass is 9.88. The maximum absolute atomic E-state index is 7.22. The summed E-state index contributed by atoms with van der Waals surface area (Å²) in [5.74, 6) is 3.57. The third kappa shape index (κ3) is 8.53. The molecule has 6 heterocycles. The Morgan fingerprint density at radius 3 is 1.48 bits per heavy atom. The first-order chi connectivity index (χ1) is 39.8. The first kappa shape index (κ1) is 50.6. The molecule has 0 saturated carbocycles. The Kier molecular flexibility index (Phi) is 12.3. The predicted octanol–water partition coefficient (Wildman–Crippen LogP) is 20.2. The highest BCUT2D eigenvalue weighted by atomic mass is 16.5. The first-order valence-electron chi connectivity index (χ1n) is 28.6. The van der Waals surface area contributed by atoms with Crippen LogP contribution in [0.4, 0.5) is 0 Å². The van der Waals surface area contributed by atoms with Gasteiger partial charge in [0.25, 0.3) is 0 Å². The van der Waals surface area contributed by atoms with Crippen LogP contribution < -0.4 is 4.74 Å². The third-order valence-electron chi connectivity index (χ3n) is 16.1. The lowest BCUT2D eigenvalue weighted by Crippen LogP contribution is -2.09. The minimum absolute atomic E-state index is 0.168. The van der Waals surface area contributed by atoms with E-state index in [2.05, 4.69) is 222 Å². The van der Waals surface area contributed by atoms with Crippen molar-refractivity contribution in [3.63, 3.8) is 0 Å². The number of pyridine rings is 2. The number of benzene rings is 8. The first-order valence-corrected chi connectivity index (χ1v) is 28.6. The van der Waals surface area contributed by atoms with Crippen LogP contribution in [0.25, 0.3) is 123 Å². The molecule has 14 rings (SSSR count). The average molecular weight is 1070 g/mol. The predicted molar refractivity (Wildman–Crippen MR) is 335 cm³/mol. The van der Waals surface area contributed by atoms with Crippen LogP contribution in [-0.4, -0.2) is 29.1 Å². The van der Waals surface area contributed by atoms with Crippen molar-refractivity contribution >= 4 is 66.3 Å². The molecule has 0 spiro atoms. The second-order valence-corrected chi connectivity index (χ2v) is 23.1. The van der Waals surface area contributed by atoms with Crippen LogP contribution in [0.15, 0.2) is 197 Å². The van der Waals surface area contributed by atoms with Gasteiger partial charge in [-0.3, -0.25) is 9.13 Å². The van der Waals surface area contributed by atoms with Crippen molar-refractivity contribution < 1.29 is 13.6 Å². The van der Waals surface area contributed by atoms with Crippen molar-refractivity contribution in [2.45, 2.75) is 86.0 Å². The average Bonchev–Trinajstić information content (AvgIpc) is 2.77. The highest BCUT2D eigenvalue weighted by Crippen LogP contribution is 2.47. The van der Waals surface area contributed by atoms with Gasteiger partial charge in [0, 0.05) is 11.3 Å². The lowest BCUT2D eigenvalue weighted by Gasteiger charge is -2.24. The Labute approximate surface area is 476 Å². The molecule has 0 aliphatic heterocycles. The summed E-state index contributed by atoms with van der Waals surface area (Å²) in [5, 5.41) is 2.47. The molecular formula is C73H62N6O3. The molecule has 0 atom stereocenters. The number of aryl methyl sites for hydroxylation is 1. The van der Waals surface area contributed by atoms with Crippen LogP contribution in [-0.2, 0) is 0 Å². The summed E-state index contributed by atoms with van der Waals surface area (Å²) in [5.41, 5.74) is 21.3. The van der Waals surface area contributed by atoms with Crippen molar-refractivity contribution in [2.75, 3.05) is 0 Å². The summed E-state index contributed by atoms with van der Waals surface area (Å²) in [6, 6.07) is 66.2. The van der Waals surface area contributed by atoms with E-state index in [1.54, 1.807) is 0 Å². The highest BCUT2D eigenvalue weighted by molar-refractivity contribution is 6.13. The zero-order valence-electron chi connectivity index (χ0n) is 47.6. The molecule has 0 aliphatic carbocycles. The topological polar surface area (TPSA) is 96.9 Å². The zero-order valence-corrected chi connectivity index (χ0v) is 47.6. The summed E-state index contributed by atoms with van der Waals surface area (Å²) in [6.07, 6.45) is 0. The molecule has 0 aliphatic rings. The number of para-hydroxylation sites is 4. The molecule has 8 aromatic carbocycles. The van der Waals surface area contributed by atoms with Gasteiger partial charge in [-0.25, -0.2) is 19.9 Å². The van der Waals surface area contributed by atoms with Crippen molar-refractivity contribution in [1.82, 2.24) is 29.1 Å². The number of aromatic nitrogens is 6. The summed E-state index contributed by atoms with van der Waals surface area (Å²) < 4.78 is 25.5. The molecule has 0 radical (unpaired) electrons. The van der Waals surface area contributed by atoms with Gasteiger partial charge in [0.05, 0.1) is 55.2 Å². The highest BCUT2D eigenvalue weighted by Gasteiger charge is 2.29. The third-order valence-corrected chi connectivity index (χ3v) is 16.1. The van der Waals surface area contributed by atoms with E-state index < -0.39 is 0 Å². The van der Waals surface area contributed by atoms with E-state index in [-0.39, 0.29) is 23.7 Å². The second-order valence-electron chi connectivity index (χ2n) is 23.1. The number of fused-ring (bicyclic) bond motifs is 8. The summed E-state index contributed by atoms with van der Waals surface area (Å²) >= 11 is 0. The van der Waals surface area contributed by atoms with E-state index in [1.807, 2.05) is 37.3 Å². The van der Waals surface area contributed by atoms with Gasteiger partial charge in [0.2, 0.25) is 11.4 Å². The maximum atomic E-state index is 7.22. The van der Waals surface area contributed by atoms with E-state index in [0.717, 1.165) is 78.1 Å². The van der Waals surface area contributed by atoms with Gasteiger partial charge < -0.3 is 13.6 Å². The number of imidazole rings is 2. The van der Waals surface area contributed by atoms with Crippen LogP contribution in [0.3, 0.4) is 0 Å². The molecular weight excluding hydrogens is 1010 g/mol. The van der Waals surface area contributed by atoms with Gasteiger partial charge in [-0.2, -0.15) is 0 Å². The molecule has 14 aromatic rings. The van der Waals surface area contributed by atoms with E-state index in [1.165, 1.54) is 44.5 Å². The van der Waals surface area contributed by atoms with Crippen molar-refractivity contribution in [3.05, 3.63) is 216 Å². The Hall–Kier alpha value is -9.60.